The Labute approximate surface area is 203 Å². The summed E-state index contributed by atoms with van der Waals surface area (Å²) in [5, 5.41) is 3.66. The lowest BCUT2D eigenvalue weighted by molar-refractivity contribution is 0.0944. The fraction of sp³-hybridized carbons (Fsp3) is 0.259. The maximum atomic E-state index is 13.2. The van der Waals surface area contributed by atoms with Crippen LogP contribution in [0.2, 0.25) is 5.02 Å². The van der Waals surface area contributed by atoms with Gasteiger partial charge in [0.1, 0.15) is 17.2 Å². The minimum Gasteiger partial charge on any atom is -0.347 e. The van der Waals surface area contributed by atoms with Crippen molar-refractivity contribution < 1.29 is 9.18 Å². The van der Waals surface area contributed by atoms with E-state index in [1.165, 1.54) is 23.3 Å². The van der Waals surface area contributed by atoms with Crippen molar-refractivity contribution in [3.05, 3.63) is 105 Å². The zero-order chi connectivity index (χ0) is 23.7. The number of amides is 1. The van der Waals surface area contributed by atoms with Gasteiger partial charge in [-0.15, -0.1) is 0 Å². The highest BCUT2D eigenvalue weighted by atomic mass is 35.5. The number of imidazole rings is 1. The summed E-state index contributed by atoms with van der Waals surface area (Å²) in [4.78, 5) is 20.0. The quantitative estimate of drug-likeness (QED) is 0.417. The van der Waals surface area contributed by atoms with E-state index in [9.17, 15) is 9.18 Å². The molecule has 0 spiro atoms. The zero-order valence-corrected chi connectivity index (χ0v) is 19.8. The van der Waals surface area contributed by atoms with Gasteiger partial charge in [-0.2, -0.15) is 0 Å². The van der Waals surface area contributed by atoms with Gasteiger partial charge < -0.3 is 5.32 Å². The predicted octanol–water partition coefficient (Wildman–Crippen LogP) is 5.18. The fourth-order valence-electron chi connectivity index (χ4n) is 4.58. The molecule has 0 atom stereocenters. The van der Waals surface area contributed by atoms with Crippen molar-refractivity contribution in [3.8, 4) is 0 Å². The summed E-state index contributed by atoms with van der Waals surface area (Å²) in [5.41, 5.74) is 6.80. The lowest BCUT2D eigenvalue weighted by Gasteiger charge is -2.29. The van der Waals surface area contributed by atoms with Crippen LogP contribution in [0.15, 0.2) is 60.8 Å². The molecule has 0 fully saturated rings. The number of carbonyl (C=O) groups excluding carboxylic acids is 1. The Bertz CT molecular complexity index is 1350. The van der Waals surface area contributed by atoms with E-state index in [-0.39, 0.29) is 11.7 Å². The van der Waals surface area contributed by atoms with Crippen molar-refractivity contribution in [2.75, 3.05) is 6.54 Å². The monoisotopic (exact) mass is 476 g/mol. The SMILES string of the molecule is CCc1nc2cc(Cl)ccn2c1C(=O)NCc1ccc2c(c1)CCN(Cc1ccc(F)cc1)C2. The Morgan fingerprint density at radius 1 is 1.09 bits per heavy atom. The summed E-state index contributed by atoms with van der Waals surface area (Å²) in [6.45, 7) is 5.06. The van der Waals surface area contributed by atoms with Gasteiger partial charge in [-0.05, 0) is 53.3 Å². The summed E-state index contributed by atoms with van der Waals surface area (Å²) in [7, 11) is 0. The molecular formula is C27H26ClFN4O. The van der Waals surface area contributed by atoms with E-state index < -0.39 is 0 Å². The number of aromatic nitrogens is 2. The molecule has 1 aliphatic rings. The Morgan fingerprint density at radius 2 is 1.88 bits per heavy atom. The van der Waals surface area contributed by atoms with Gasteiger partial charge in [0.25, 0.3) is 5.91 Å². The Hall–Kier alpha value is -3.22. The molecule has 5 nitrogen and oxygen atoms in total. The highest BCUT2D eigenvalue weighted by Crippen LogP contribution is 2.23. The molecule has 0 saturated heterocycles. The number of hydrogen-bond acceptors (Lipinski definition) is 3. The van der Waals surface area contributed by atoms with Gasteiger partial charge in [0.15, 0.2) is 0 Å². The van der Waals surface area contributed by atoms with Crippen LogP contribution in [0.4, 0.5) is 4.39 Å². The molecule has 1 amide bonds. The Morgan fingerprint density at radius 3 is 2.68 bits per heavy atom. The number of rotatable bonds is 6. The summed E-state index contributed by atoms with van der Waals surface area (Å²) in [5.74, 6) is -0.348. The van der Waals surface area contributed by atoms with Crippen LogP contribution in [0.25, 0.3) is 5.65 Å². The number of nitrogens with one attached hydrogen (secondary N) is 1. The molecular weight excluding hydrogens is 451 g/mol. The van der Waals surface area contributed by atoms with Gasteiger partial charge in [0.05, 0.1) is 5.69 Å². The van der Waals surface area contributed by atoms with Crippen LogP contribution in [-0.2, 0) is 32.5 Å². The van der Waals surface area contributed by atoms with Crippen LogP contribution in [-0.4, -0.2) is 26.7 Å². The summed E-state index contributed by atoms with van der Waals surface area (Å²) in [6.07, 6.45) is 3.40. The first-order valence-electron chi connectivity index (χ1n) is 11.5. The van der Waals surface area contributed by atoms with Crippen molar-refractivity contribution in [3.63, 3.8) is 0 Å². The number of benzene rings is 2. The molecule has 5 rings (SSSR count). The molecule has 0 unspecified atom stereocenters. The Balaban J connectivity index is 1.25. The van der Waals surface area contributed by atoms with Crippen LogP contribution in [0.3, 0.4) is 0 Å². The third kappa shape index (κ3) is 4.69. The van der Waals surface area contributed by atoms with Crippen molar-refractivity contribution in [1.82, 2.24) is 19.6 Å². The van der Waals surface area contributed by atoms with E-state index in [2.05, 4.69) is 33.4 Å². The van der Waals surface area contributed by atoms with E-state index in [1.54, 1.807) is 22.7 Å². The first-order chi connectivity index (χ1) is 16.5. The topological polar surface area (TPSA) is 49.6 Å². The Kier molecular flexibility index (Phi) is 6.35. The number of fused-ring (bicyclic) bond motifs is 2. The zero-order valence-electron chi connectivity index (χ0n) is 19.0. The van der Waals surface area contributed by atoms with Gasteiger partial charge in [0, 0.05) is 43.5 Å². The number of carbonyl (C=O) groups is 1. The van der Waals surface area contributed by atoms with Crippen LogP contribution in [0, 0.1) is 5.82 Å². The lowest BCUT2D eigenvalue weighted by atomic mass is 9.97. The molecule has 3 heterocycles. The molecule has 174 valence electrons. The summed E-state index contributed by atoms with van der Waals surface area (Å²) < 4.78 is 15.0. The van der Waals surface area contributed by atoms with Gasteiger partial charge in [-0.3, -0.25) is 14.1 Å². The molecule has 0 radical (unpaired) electrons. The molecule has 0 saturated carbocycles. The van der Waals surface area contributed by atoms with Crippen LogP contribution in [0.5, 0.6) is 0 Å². The molecule has 0 aliphatic carbocycles. The largest absolute Gasteiger partial charge is 0.347 e. The van der Waals surface area contributed by atoms with Crippen molar-refractivity contribution in [2.45, 2.75) is 39.4 Å². The van der Waals surface area contributed by atoms with E-state index in [0.29, 0.717) is 29.3 Å². The van der Waals surface area contributed by atoms with Crippen LogP contribution < -0.4 is 5.32 Å². The lowest BCUT2D eigenvalue weighted by Crippen LogP contribution is -2.30. The maximum Gasteiger partial charge on any atom is 0.270 e. The number of aryl methyl sites for hydroxylation is 1. The number of nitrogens with zero attached hydrogens (tertiary/aromatic N) is 3. The van der Waals surface area contributed by atoms with E-state index in [0.717, 1.165) is 42.9 Å². The molecule has 7 heteroatoms. The second-order valence-electron chi connectivity index (χ2n) is 8.71. The summed E-state index contributed by atoms with van der Waals surface area (Å²) >= 11 is 6.09. The van der Waals surface area contributed by atoms with Gasteiger partial charge in [-0.1, -0.05) is 48.9 Å². The average molecular weight is 477 g/mol. The van der Waals surface area contributed by atoms with Crippen molar-refractivity contribution in [2.24, 2.45) is 0 Å². The average Bonchev–Trinajstić information content (AvgIpc) is 3.21. The van der Waals surface area contributed by atoms with Gasteiger partial charge in [-0.25, -0.2) is 9.37 Å². The maximum absolute atomic E-state index is 13.2. The first-order valence-corrected chi connectivity index (χ1v) is 11.9. The van der Waals surface area contributed by atoms with E-state index in [4.69, 9.17) is 11.6 Å². The highest BCUT2D eigenvalue weighted by molar-refractivity contribution is 6.30. The molecule has 4 aromatic rings. The second-order valence-corrected chi connectivity index (χ2v) is 9.14. The number of pyridine rings is 1. The van der Waals surface area contributed by atoms with E-state index >= 15 is 0 Å². The fourth-order valence-corrected chi connectivity index (χ4v) is 4.73. The van der Waals surface area contributed by atoms with Crippen molar-refractivity contribution >= 4 is 23.2 Å². The molecule has 1 aliphatic heterocycles. The third-order valence-electron chi connectivity index (χ3n) is 6.34. The minimum atomic E-state index is -0.205. The molecule has 0 bridgehead atoms. The highest BCUT2D eigenvalue weighted by Gasteiger charge is 2.20. The molecule has 2 aromatic carbocycles. The molecule has 1 N–H and O–H groups in total. The first kappa shape index (κ1) is 22.6. The van der Waals surface area contributed by atoms with Crippen LogP contribution >= 0.6 is 11.6 Å². The van der Waals surface area contributed by atoms with Crippen molar-refractivity contribution in [1.29, 1.82) is 0 Å². The van der Waals surface area contributed by atoms with Crippen LogP contribution in [0.1, 0.15) is 45.4 Å². The number of hydrogen-bond donors (Lipinski definition) is 1. The molecule has 2 aromatic heterocycles. The second kappa shape index (κ2) is 9.57. The standard InChI is InChI=1S/C27H26ClFN4O/c1-2-24-26(33-12-10-22(28)14-25(33)31-24)27(34)30-15-19-3-6-21-17-32(11-9-20(21)13-19)16-18-4-7-23(29)8-5-18/h3-8,10,12-14H,2,9,11,15-17H2,1H3,(H,30,34). The van der Waals surface area contributed by atoms with Gasteiger partial charge in [0.2, 0.25) is 0 Å². The third-order valence-corrected chi connectivity index (χ3v) is 6.58. The predicted molar refractivity (Wildman–Crippen MR) is 131 cm³/mol. The smallest absolute Gasteiger partial charge is 0.270 e. The van der Waals surface area contributed by atoms with Gasteiger partial charge >= 0.3 is 0 Å². The minimum absolute atomic E-state index is 0.144. The molecule has 34 heavy (non-hydrogen) atoms. The van der Waals surface area contributed by atoms with E-state index in [1.807, 2.05) is 19.1 Å². The summed E-state index contributed by atoms with van der Waals surface area (Å²) in [6, 6.07) is 16.7. The normalized spacial score (nSPS) is 13.7. The number of halogens is 2.